The van der Waals surface area contributed by atoms with Crippen LogP contribution in [0, 0.1) is 17.8 Å². The molecule has 0 aromatic heterocycles. The summed E-state index contributed by atoms with van der Waals surface area (Å²) in [6.45, 7) is 0. The van der Waals surface area contributed by atoms with Crippen molar-refractivity contribution >= 4 is 11.9 Å². The van der Waals surface area contributed by atoms with Crippen LogP contribution in [0.25, 0.3) is 0 Å². The third-order valence-corrected chi connectivity index (χ3v) is 6.36. The lowest BCUT2D eigenvalue weighted by molar-refractivity contribution is -0.149. The molecule has 4 heteroatoms. The molecule has 3 saturated carbocycles. The van der Waals surface area contributed by atoms with Crippen LogP contribution in [-0.4, -0.2) is 34.5 Å². The molecule has 1 amide bonds. The standard InChI is InChI=1S/C17H27NO3/c1-18(16(21)14-10-12-5-6-13(14)9-12)17(11-15(19)20)7-3-2-4-8-17/h12-14H,2-11H2,1H3,(H,19,20). The summed E-state index contributed by atoms with van der Waals surface area (Å²) in [6, 6.07) is 0. The van der Waals surface area contributed by atoms with E-state index in [2.05, 4.69) is 0 Å². The Hall–Kier alpha value is -1.06. The van der Waals surface area contributed by atoms with Crippen LogP contribution in [0.2, 0.25) is 0 Å². The van der Waals surface area contributed by atoms with Gasteiger partial charge in [0.2, 0.25) is 5.91 Å². The number of nitrogens with zero attached hydrogens (tertiary/aromatic N) is 1. The lowest BCUT2D eigenvalue weighted by atomic mass is 9.77. The van der Waals surface area contributed by atoms with Gasteiger partial charge in [-0.05, 0) is 43.9 Å². The fraction of sp³-hybridized carbons (Fsp3) is 0.882. The Morgan fingerprint density at radius 2 is 1.86 bits per heavy atom. The largest absolute Gasteiger partial charge is 0.481 e. The molecule has 4 nitrogen and oxygen atoms in total. The van der Waals surface area contributed by atoms with Gasteiger partial charge in [-0.2, -0.15) is 0 Å². The average molecular weight is 293 g/mol. The molecule has 0 heterocycles. The third-order valence-electron chi connectivity index (χ3n) is 6.36. The van der Waals surface area contributed by atoms with Crippen LogP contribution in [0.3, 0.4) is 0 Å². The summed E-state index contributed by atoms with van der Waals surface area (Å²) in [4.78, 5) is 26.1. The molecule has 0 aromatic rings. The monoisotopic (exact) mass is 293 g/mol. The molecule has 1 N–H and O–H groups in total. The highest BCUT2D eigenvalue weighted by Gasteiger charge is 2.48. The quantitative estimate of drug-likeness (QED) is 0.866. The van der Waals surface area contributed by atoms with Crippen molar-refractivity contribution in [2.45, 2.75) is 69.7 Å². The Bertz CT molecular complexity index is 428. The van der Waals surface area contributed by atoms with Crippen LogP contribution in [0.4, 0.5) is 0 Å². The number of carboxylic acid groups (broad SMARTS) is 1. The predicted octanol–water partition coefficient (Wildman–Crippen LogP) is 3.06. The van der Waals surface area contributed by atoms with Gasteiger partial charge in [0, 0.05) is 13.0 Å². The lowest BCUT2D eigenvalue weighted by Gasteiger charge is -2.45. The number of carbonyl (C=O) groups excluding carboxylic acids is 1. The molecule has 0 aliphatic heterocycles. The summed E-state index contributed by atoms with van der Waals surface area (Å²) in [5.41, 5.74) is -0.428. The lowest BCUT2D eigenvalue weighted by Crippen LogP contribution is -2.54. The van der Waals surface area contributed by atoms with Gasteiger partial charge in [-0.1, -0.05) is 25.7 Å². The number of carbonyl (C=O) groups is 2. The Morgan fingerprint density at radius 1 is 1.14 bits per heavy atom. The summed E-state index contributed by atoms with van der Waals surface area (Å²) >= 11 is 0. The van der Waals surface area contributed by atoms with Gasteiger partial charge in [0.05, 0.1) is 12.0 Å². The molecule has 3 aliphatic rings. The van der Waals surface area contributed by atoms with E-state index in [4.69, 9.17) is 0 Å². The molecular weight excluding hydrogens is 266 g/mol. The highest BCUT2D eigenvalue weighted by Crippen LogP contribution is 2.49. The van der Waals surface area contributed by atoms with Crippen molar-refractivity contribution in [1.29, 1.82) is 0 Å². The SMILES string of the molecule is CN(C(=O)C1CC2CCC1C2)C1(CC(=O)O)CCCCC1. The zero-order valence-corrected chi connectivity index (χ0v) is 13.0. The van der Waals surface area contributed by atoms with Crippen molar-refractivity contribution in [3.05, 3.63) is 0 Å². The second-order valence-corrected chi connectivity index (χ2v) is 7.53. The van der Waals surface area contributed by atoms with Crippen LogP contribution in [0.5, 0.6) is 0 Å². The van der Waals surface area contributed by atoms with Crippen LogP contribution in [-0.2, 0) is 9.59 Å². The normalized spacial score (nSPS) is 33.9. The van der Waals surface area contributed by atoms with Crippen molar-refractivity contribution < 1.29 is 14.7 Å². The number of fused-ring (bicyclic) bond motifs is 2. The summed E-state index contributed by atoms with van der Waals surface area (Å²) in [5, 5.41) is 9.29. The summed E-state index contributed by atoms with van der Waals surface area (Å²) in [6.07, 6.45) is 9.80. The molecule has 3 atom stereocenters. The molecule has 0 radical (unpaired) electrons. The Labute approximate surface area is 126 Å². The molecule has 0 aromatic carbocycles. The van der Waals surface area contributed by atoms with Gasteiger partial charge in [-0.15, -0.1) is 0 Å². The first-order chi connectivity index (χ1) is 10.0. The van der Waals surface area contributed by atoms with Crippen LogP contribution in [0.15, 0.2) is 0 Å². The summed E-state index contributed by atoms with van der Waals surface area (Å²) in [7, 11) is 1.86. The van der Waals surface area contributed by atoms with E-state index in [-0.39, 0.29) is 18.2 Å². The highest BCUT2D eigenvalue weighted by atomic mass is 16.4. The minimum absolute atomic E-state index is 0.107. The summed E-state index contributed by atoms with van der Waals surface area (Å²) in [5.74, 6) is 0.936. The van der Waals surface area contributed by atoms with E-state index in [1.807, 2.05) is 11.9 Å². The molecule has 3 unspecified atom stereocenters. The maximum absolute atomic E-state index is 13.0. The fourth-order valence-corrected chi connectivity index (χ4v) is 5.15. The van der Waals surface area contributed by atoms with E-state index >= 15 is 0 Å². The van der Waals surface area contributed by atoms with Crippen LogP contribution < -0.4 is 0 Å². The van der Waals surface area contributed by atoms with Gasteiger partial charge in [-0.25, -0.2) is 0 Å². The Morgan fingerprint density at radius 3 is 2.38 bits per heavy atom. The first-order valence-electron chi connectivity index (χ1n) is 8.51. The van der Waals surface area contributed by atoms with Crippen molar-refractivity contribution in [1.82, 2.24) is 4.90 Å². The number of hydrogen-bond acceptors (Lipinski definition) is 2. The van der Waals surface area contributed by atoms with E-state index in [9.17, 15) is 14.7 Å². The first kappa shape index (κ1) is 14.9. The molecule has 3 fully saturated rings. The molecule has 118 valence electrons. The minimum atomic E-state index is -0.774. The van der Waals surface area contributed by atoms with Gasteiger partial charge >= 0.3 is 5.97 Å². The second kappa shape index (κ2) is 5.62. The van der Waals surface area contributed by atoms with Gasteiger partial charge < -0.3 is 10.0 Å². The van der Waals surface area contributed by atoms with Gasteiger partial charge in [-0.3, -0.25) is 9.59 Å². The zero-order valence-electron chi connectivity index (χ0n) is 13.0. The highest BCUT2D eigenvalue weighted by molar-refractivity contribution is 5.81. The molecule has 0 saturated heterocycles. The molecule has 3 rings (SSSR count). The van der Waals surface area contributed by atoms with Gasteiger partial charge in [0.15, 0.2) is 0 Å². The van der Waals surface area contributed by atoms with Crippen molar-refractivity contribution in [3.63, 3.8) is 0 Å². The molecule has 3 aliphatic carbocycles. The van der Waals surface area contributed by atoms with Crippen LogP contribution in [0.1, 0.15) is 64.2 Å². The molecule has 2 bridgehead atoms. The summed E-state index contributed by atoms with van der Waals surface area (Å²) < 4.78 is 0. The van der Waals surface area contributed by atoms with E-state index in [1.54, 1.807) is 0 Å². The van der Waals surface area contributed by atoms with E-state index in [1.165, 1.54) is 19.3 Å². The second-order valence-electron chi connectivity index (χ2n) is 7.53. The predicted molar refractivity (Wildman–Crippen MR) is 79.8 cm³/mol. The third kappa shape index (κ3) is 2.69. The van der Waals surface area contributed by atoms with Crippen molar-refractivity contribution in [2.24, 2.45) is 17.8 Å². The zero-order chi connectivity index (χ0) is 15.0. The smallest absolute Gasteiger partial charge is 0.305 e. The average Bonchev–Trinajstić information content (AvgIpc) is 3.08. The molecular formula is C17H27NO3. The number of rotatable bonds is 4. The number of amides is 1. The molecule has 0 spiro atoms. The number of hydrogen-bond donors (Lipinski definition) is 1. The Kier molecular flexibility index (Phi) is 3.98. The maximum Gasteiger partial charge on any atom is 0.305 e. The van der Waals surface area contributed by atoms with Gasteiger partial charge in [0.25, 0.3) is 0 Å². The van der Waals surface area contributed by atoms with Crippen molar-refractivity contribution in [2.75, 3.05) is 7.05 Å². The van der Waals surface area contributed by atoms with E-state index in [0.29, 0.717) is 5.92 Å². The van der Waals surface area contributed by atoms with Gasteiger partial charge in [0.1, 0.15) is 0 Å². The topological polar surface area (TPSA) is 57.6 Å². The number of aliphatic carboxylic acids is 1. The van der Waals surface area contributed by atoms with Crippen LogP contribution >= 0.6 is 0 Å². The maximum atomic E-state index is 13.0. The Balaban J connectivity index is 1.75. The van der Waals surface area contributed by atoms with Crippen molar-refractivity contribution in [3.8, 4) is 0 Å². The van der Waals surface area contributed by atoms with E-state index < -0.39 is 11.5 Å². The first-order valence-corrected chi connectivity index (χ1v) is 8.51. The number of carboxylic acids is 1. The fourth-order valence-electron chi connectivity index (χ4n) is 5.15. The molecule has 21 heavy (non-hydrogen) atoms. The minimum Gasteiger partial charge on any atom is -0.481 e. The van der Waals surface area contributed by atoms with E-state index in [0.717, 1.165) is 44.4 Å².